The van der Waals surface area contributed by atoms with Crippen LogP contribution in [0.4, 0.5) is 0 Å². The smallest absolute Gasteiger partial charge is 0.224 e. The summed E-state index contributed by atoms with van der Waals surface area (Å²) in [7, 11) is 2.14. The summed E-state index contributed by atoms with van der Waals surface area (Å²) in [6.07, 6.45) is 4.05. The number of nitrogens with zero attached hydrogens (tertiary/aromatic N) is 6. The van der Waals surface area contributed by atoms with Crippen LogP contribution in [-0.4, -0.2) is 24.3 Å². The van der Waals surface area contributed by atoms with Crippen LogP contribution in [0.5, 0.6) is 0 Å². The van der Waals surface area contributed by atoms with Gasteiger partial charge < -0.3 is 0 Å². The molecule has 2 aromatic carbocycles. The van der Waals surface area contributed by atoms with E-state index in [1.165, 1.54) is 32.8 Å². The summed E-state index contributed by atoms with van der Waals surface area (Å²) < 4.78 is 4.60. The number of benzene rings is 2. The molecule has 0 aliphatic rings. The van der Waals surface area contributed by atoms with E-state index in [0.717, 1.165) is 39.1 Å². The summed E-state index contributed by atoms with van der Waals surface area (Å²) in [5, 5.41) is 6.02. The Morgan fingerprint density at radius 3 is 2.21 bits per heavy atom. The zero-order valence-corrected chi connectivity index (χ0v) is 23.9. The number of aryl methyl sites for hydroxylation is 2. The van der Waals surface area contributed by atoms with Crippen LogP contribution in [0.3, 0.4) is 0 Å². The summed E-state index contributed by atoms with van der Waals surface area (Å²) in [4.78, 5) is 19.9. The van der Waals surface area contributed by atoms with Crippen LogP contribution in [-0.2, 0) is 17.9 Å². The summed E-state index contributed by atoms with van der Waals surface area (Å²) in [5.41, 5.74) is 6.35. The van der Waals surface area contributed by atoms with Crippen molar-refractivity contribution in [2.24, 2.45) is 7.05 Å². The zero-order valence-electron chi connectivity index (χ0n) is 23.9. The van der Waals surface area contributed by atoms with Crippen molar-refractivity contribution in [3.63, 3.8) is 0 Å². The van der Waals surface area contributed by atoms with E-state index >= 15 is 0 Å². The van der Waals surface area contributed by atoms with Gasteiger partial charge in [0, 0.05) is 39.4 Å². The number of hydrogen-bond donors (Lipinski definition) is 0. The predicted molar refractivity (Wildman–Crippen MR) is 159 cm³/mol. The monoisotopic (exact) mass is 513 g/mol. The van der Waals surface area contributed by atoms with Crippen LogP contribution in [0.2, 0.25) is 0 Å². The van der Waals surface area contributed by atoms with E-state index in [1.54, 1.807) is 0 Å². The summed E-state index contributed by atoms with van der Waals surface area (Å²) in [5.74, 6) is 2.33. The van der Waals surface area contributed by atoms with Gasteiger partial charge in [0.2, 0.25) is 5.52 Å². The molecule has 0 atom stereocenters. The van der Waals surface area contributed by atoms with Crippen molar-refractivity contribution in [3.8, 4) is 11.4 Å². The van der Waals surface area contributed by atoms with Gasteiger partial charge in [-0.2, -0.15) is 0 Å². The second-order valence-electron chi connectivity index (χ2n) is 12.9. The molecule has 39 heavy (non-hydrogen) atoms. The van der Waals surface area contributed by atoms with E-state index in [2.05, 4.69) is 107 Å². The minimum atomic E-state index is -0.201. The van der Waals surface area contributed by atoms with Gasteiger partial charge in [0.25, 0.3) is 0 Å². The van der Waals surface area contributed by atoms with E-state index < -0.39 is 0 Å². The van der Waals surface area contributed by atoms with Gasteiger partial charge in [0.05, 0.1) is 21.8 Å². The Balaban J connectivity index is 1.70. The highest BCUT2D eigenvalue weighted by atomic mass is 15.1. The minimum absolute atomic E-state index is 0.201. The van der Waals surface area contributed by atoms with E-state index in [4.69, 9.17) is 19.9 Å². The maximum absolute atomic E-state index is 5.03. The van der Waals surface area contributed by atoms with Gasteiger partial charge in [0.1, 0.15) is 24.3 Å². The first-order chi connectivity index (χ1) is 18.4. The predicted octanol–water partition coefficient (Wildman–Crippen LogP) is 6.96. The molecule has 0 spiro atoms. The third kappa shape index (κ3) is 3.37. The normalized spacial score (nSPS) is 13.1. The SMILES string of the molecule is Cc1ccc2c3cccnc3n3c4cc(-c5nc(C(C)(C)C)nc(C(C)(C)C)n5)cc5cc[n+](C)c(c1c23)c54. The molecule has 0 unspecified atom stereocenters. The molecule has 5 aromatic heterocycles. The summed E-state index contributed by atoms with van der Waals surface area (Å²) >= 11 is 0. The third-order valence-corrected chi connectivity index (χ3v) is 7.83. The van der Waals surface area contributed by atoms with E-state index in [-0.39, 0.29) is 10.8 Å². The largest absolute Gasteiger partial charge is 0.292 e. The highest BCUT2D eigenvalue weighted by Crippen LogP contribution is 2.41. The maximum atomic E-state index is 5.03. The van der Waals surface area contributed by atoms with Crippen molar-refractivity contribution in [1.29, 1.82) is 0 Å². The average Bonchev–Trinajstić information content (AvgIpc) is 3.22. The first kappa shape index (κ1) is 23.9. The molecule has 0 aliphatic carbocycles. The fourth-order valence-electron chi connectivity index (χ4n) is 5.83. The van der Waals surface area contributed by atoms with Crippen LogP contribution in [0.15, 0.2) is 54.9 Å². The molecule has 7 aromatic rings. The van der Waals surface area contributed by atoms with Crippen molar-refractivity contribution < 1.29 is 4.57 Å². The second kappa shape index (κ2) is 7.69. The lowest BCUT2D eigenvalue weighted by atomic mass is 9.92. The van der Waals surface area contributed by atoms with Crippen molar-refractivity contribution in [1.82, 2.24) is 24.3 Å². The Hall–Kier alpha value is -4.19. The quantitative estimate of drug-likeness (QED) is 0.135. The molecule has 7 rings (SSSR count). The van der Waals surface area contributed by atoms with Crippen LogP contribution in [0.1, 0.15) is 58.8 Å². The molecule has 0 saturated carbocycles. The Morgan fingerprint density at radius 1 is 0.795 bits per heavy atom. The first-order valence-electron chi connectivity index (χ1n) is 13.6. The molecule has 6 nitrogen and oxygen atoms in total. The highest BCUT2D eigenvalue weighted by molar-refractivity contribution is 6.25. The number of aromatic nitrogens is 6. The molecule has 6 heteroatoms. The third-order valence-electron chi connectivity index (χ3n) is 7.83. The molecular weight excluding hydrogens is 480 g/mol. The second-order valence-corrected chi connectivity index (χ2v) is 12.9. The van der Waals surface area contributed by atoms with Crippen molar-refractivity contribution in [2.75, 3.05) is 0 Å². The lowest BCUT2D eigenvalue weighted by molar-refractivity contribution is -0.643. The average molecular weight is 514 g/mol. The van der Waals surface area contributed by atoms with E-state index in [9.17, 15) is 0 Å². The molecule has 0 aliphatic heterocycles. The van der Waals surface area contributed by atoms with Gasteiger partial charge in [-0.25, -0.2) is 24.5 Å². The molecule has 0 amide bonds. The number of rotatable bonds is 1. The number of hydrogen-bond acceptors (Lipinski definition) is 4. The summed E-state index contributed by atoms with van der Waals surface area (Å²) in [6.45, 7) is 15.1. The Morgan fingerprint density at radius 2 is 1.51 bits per heavy atom. The number of pyridine rings is 3. The van der Waals surface area contributed by atoms with E-state index in [0.29, 0.717) is 5.82 Å². The van der Waals surface area contributed by atoms with Crippen molar-refractivity contribution >= 4 is 49.1 Å². The number of fused-ring (bicyclic) bond motifs is 5. The molecular formula is C33H33N6+. The van der Waals surface area contributed by atoms with Crippen molar-refractivity contribution in [3.05, 3.63) is 72.1 Å². The Labute approximate surface area is 227 Å². The Kier molecular flexibility index (Phi) is 4.71. The van der Waals surface area contributed by atoms with Gasteiger partial charge in [0.15, 0.2) is 12.0 Å². The molecule has 0 fully saturated rings. The zero-order chi connectivity index (χ0) is 27.4. The lowest BCUT2D eigenvalue weighted by Gasteiger charge is -2.23. The van der Waals surface area contributed by atoms with Gasteiger partial charge >= 0.3 is 0 Å². The molecule has 5 heterocycles. The highest BCUT2D eigenvalue weighted by Gasteiger charge is 2.28. The maximum Gasteiger partial charge on any atom is 0.224 e. The lowest BCUT2D eigenvalue weighted by Crippen LogP contribution is -2.29. The first-order valence-corrected chi connectivity index (χ1v) is 13.6. The van der Waals surface area contributed by atoms with Gasteiger partial charge in [-0.05, 0) is 42.1 Å². The molecule has 0 N–H and O–H groups in total. The molecule has 194 valence electrons. The Bertz CT molecular complexity index is 2070. The van der Waals surface area contributed by atoms with Crippen LogP contribution in [0, 0.1) is 6.92 Å². The summed E-state index contributed by atoms with van der Waals surface area (Å²) in [6, 6.07) is 15.3. The van der Waals surface area contributed by atoms with Gasteiger partial charge in [-0.1, -0.05) is 53.7 Å². The standard InChI is InChI=1S/C33H33N6/c1-18-11-12-21-22-10-9-14-34-29(22)39-23-17-20(16-19-13-15-38(8)27(25(19)23)24(18)26(21)39)28-35-30(32(2,3)4)37-31(36-28)33(5,6)7/h9-17H,1-8H3/q+1. The minimum Gasteiger partial charge on any atom is -0.292 e. The fraction of sp³-hybridized carbons (Fsp3) is 0.303. The molecule has 0 radical (unpaired) electrons. The van der Waals surface area contributed by atoms with Crippen LogP contribution < -0.4 is 4.57 Å². The molecule has 0 saturated heterocycles. The van der Waals surface area contributed by atoms with Gasteiger partial charge in [-0.15, -0.1) is 0 Å². The van der Waals surface area contributed by atoms with Crippen molar-refractivity contribution in [2.45, 2.75) is 59.3 Å². The fourth-order valence-corrected chi connectivity index (χ4v) is 5.83. The van der Waals surface area contributed by atoms with Crippen LogP contribution in [0.25, 0.3) is 60.5 Å². The van der Waals surface area contributed by atoms with E-state index in [1.807, 2.05) is 12.3 Å². The molecule has 0 bridgehead atoms. The van der Waals surface area contributed by atoms with Gasteiger partial charge in [-0.3, -0.25) is 4.40 Å². The van der Waals surface area contributed by atoms with Crippen LogP contribution >= 0.6 is 0 Å². The topological polar surface area (TPSA) is 59.9 Å².